The molecule has 0 spiro atoms. The van der Waals surface area contributed by atoms with Crippen molar-refractivity contribution >= 4 is 17.6 Å². The van der Waals surface area contributed by atoms with Crippen LogP contribution in [0.3, 0.4) is 0 Å². The number of rotatable bonds is 6. The summed E-state index contributed by atoms with van der Waals surface area (Å²) in [4.78, 5) is 26.4. The molecule has 8 heteroatoms. The fraction of sp³-hybridized carbons (Fsp3) is 0.364. The molecule has 1 fully saturated rings. The monoisotopic (exact) mass is 411 g/mol. The maximum atomic E-state index is 12.4. The van der Waals surface area contributed by atoms with E-state index in [1.54, 1.807) is 4.90 Å². The van der Waals surface area contributed by atoms with Gasteiger partial charge in [0.1, 0.15) is 12.4 Å². The summed E-state index contributed by atoms with van der Waals surface area (Å²) in [7, 11) is 0. The third kappa shape index (κ3) is 4.59. The number of amides is 3. The topological polar surface area (TPSA) is 89.1 Å². The second kappa shape index (κ2) is 8.94. The van der Waals surface area contributed by atoms with Crippen LogP contribution in [0.25, 0.3) is 0 Å². The van der Waals surface area contributed by atoms with E-state index in [1.165, 1.54) is 0 Å². The third-order valence-electron chi connectivity index (χ3n) is 4.98. The van der Waals surface area contributed by atoms with Gasteiger partial charge in [-0.1, -0.05) is 12.1 Å². The van der Waals surface area contributed by atoms with Crippen LogP contribution < -0.4 is 29.7 Å². The number of carbonyl (C=O) groups excluding carboxylic acids is 2. The van der Waals surface area contributed by atoms with E-state index >= 15 is 0 Å². The number of nitrogens with one attached hydrogen (secondary N) is 2. The van der Waals surface area contributed by atoms with Crippen LogP contribution in [-0.4, -0.2) is 50.4 Å². The predicted molar refractivity (Wildman–Crippen MR) is 111 cm³/mol. The average Bonchev–Trinajstić information content (AvgIpc) is 3.12. The highest BCUT2D eigenvalue weighted by Crippen LogP contribution is 2.30. The molecule has 0 saturated carbocycles. The molecular formula is C22H25N3O5. The van der Waals surface area contributed by atoms with Crippen LogP contribution in [0.5, 0.6) is 17.2 Å². The largest absolute Gasteiger partial charge is 0.494 e. The van der Waals surface area contributed by atoms with Crippen LogP contribution in [0, 0.1) is 0 Å². The summed E-state index contributed by atoms with van der Waals surface area (Å²) in [5.74, 6) is 2.11. The lowest BCUT2D eigenvalue weighted by Crippen LogP contribution is -2.47. The van der Waals surface area contributed by atoms with Crippen molar-refractivity contribution in [3.8, 4) is 17.2 Å². The first-order valence-corrected chi connectivity index (χ1v) is 10.1. The molecule has 0 aromatic heterocycles. The minimum absolute atomic E-state index is 0.0231. The van der Waals surface area contributed by atoms with E-state index in [2.05, 4.69) is 10.6 Å². The third-order valence-corrected chi connectivity index (χ3v) is 4.98. The number of urea groups is 1. The number of ether oxygens (including phenoxy) is 3. The average molecular weight is 411 g/mol. The van der Waals surface area contributed by atoms with Gasteiger partial charge in [0, 0.05) is 18.7 Å². The van der Waals surface area contributed by atoms with Gasteiger partial charge in [-0.25, -0.2) is 4.79 Å². The number of carbonyl (C=O) groups is 2. The quantitative estimate of drug-likeness (QED) is 0.762. The highest BCUT2D eigenvalue weighted by atomic mass is 16.6. The Hall–Kier alpha value is -3.42. The summed E-state index contributed by atoms with van der Waals surface area (Å²) >= 11 is 0. The normalized spacial score (nSPS) is 20.0. The summed E-state index contributed by atoms with van der Waals surface area (Å²) in [6.45, 7) is 3.62. The van der Waals surface area contributed by atoms with Crippen molar-refractivity contribution in [2.45, 2.75) is 25.5 Å². The highest BCUT2D eigenvalue weighted by Gasteiger charge is 2.32. The lowest BCUT2D eigenvalue weighted by atomic mass is 10.2. The zero-order valence-electron chi connectivity index (χ0n) is 16.8. The molecule has 2 N–H and O–H groups in total. The zero-order valence-corrected chi connectivity index (χ0v) is 16.8. The van der Waals surface area contributed by atoms with E-state index in [9.17, 15) is 9.59 Å². The summed E-state index contributed by atoms with van der Waals surface area (Å²) in [5.41, 5.74) is 0.791. The van der Waals surface area contributed by atoms with Crippen LogP contribution in [0.4, 0.5) is 10.5 Å². The first-order chi connectivity index (χ1) is 14.6. The Balaban J connectivity index is 1.25. The minimum atomic E-state index is -0.330. The molecule has 3 amide bonds. The molecule has 0 aliphatic carbocycles. The molecule has 2 heterocycles. The number of para-hydroxylation sites is 2. The maximum absolute atomic E-state index is 12.4. The Bertz CT molecular complexity index is 902. The molecule has 2 aliphatic heterocycles. The second-order valence-electron chi connectivity index (χ2n) is 7.18. The van der Waals surface area contributed by atoms with E-state index in [0.717, 1.165) is 11.4 Å². The summed E-state index contributed by atoms with van der Waals surface area (Å²) < 4.78 is 16.9. The number of hydrogen-bond acceptors (Lipinski definition) is 5. The van der Waals surface area contributed by atoms with Gasteiger partial charge >= 0.3 is 6.03 Å². The summed E-state index contributed by atoms with van der Waals surface area (Å²) in [6, 6.07) is 14.2. The van der Waals surface area contributed by atoms with Gasteiger partial charge < -0.3 is 29.7 Å². The molecule has 1 saturated heterocycles. The van der Waals surface area contributed by atoms with Crippen molar-refractivity contribution in [2.24, 2.45) is 0 Å². The lowest BCUT2D eigenvalue weighted by molar-refractivity contribution is -0.117. The van der Waals surface area contributed by atoms with Gasteiger partial charge in [0.2, 0.25) is 5.91 Å². The Labute approximate surface area is 175 Å². The fourth-order valence-electron chi connectivity index (χ4n) is 3.55. The van der Waals surface area contributed by atoms with E-state index in [4.69, 9.17) is 14.2 Å². The van der Waals surface area contributed by atoms with Crippen molar-refractivity contribution in [3.05, 3.63) is 48.5 Å². The number of hydrogen-bond donors (Lipinski definition) is 2. The molecule has 30 heavy (non-hydrogen) atoms. The van der Waals surface area contributed by atoms with Gasteiger partial charge in [0.25, 0.3) is 0 Å². The minimum Gasteiger partial charge on any atom is -0.494 e. The molecule has 2 atom stereocenters. The van der Waals surface area contributed by atoms with Gasteiger partial charge in [-0.05, 0) is 43.3 Å². The van der Waals surface area contributed by atoms with E-state index in [1.807, 2.05) is 55.5 Å². The molecule has 2 aromatic carbocycles. The summed E-state index contributed by atoms with van der Waals surface area (Å²) in [5, 5.41) is 5.67. The second-order valence-corrected chi connectivity index (χ2v) is 7.18. The molecule has 0 radical (unpaired) electrons. The molecule has 0 unspecified atom stereocenters. The van der Waals surface area contributed by atoms with Crippen LogP contribution in [0.15, 0.2) is 48.5 Å². The summed E-state index contributed by atoms with van der Waals surface area (Å²) in [6.07, 6.45) is -0.00644. The molecule has 158 valence electrons. The van der Waals surface area contributed by atoms with Gasteiger partial charge in [-0.3, -0.25) is 4.79 Å². The number of benzene rings is 2. The maximum Gasteiger partial charge on any atom is 0.315 e. The number of fused-ring (bicyclic) bond motifs is 1. The van der Waals surface area contributed by atoms with Crippen molar-refractivity contribution in [2.75, 3.05) is 31.2 Å². The Morgan fingerprint density at radius 3 is 2.70 bits per heavy atom. The number of anilines is 1. The van der Waals surface area contributed by atoms with Crippen molar-refractivity contribution in [1.82, 2.24) is 10.6 Å². The van der Waals surface area contributed by atoms with Crippen molar-refractivity contribution < 1.29 is 23.8 Å². The first-order valence-electron chi connectivity index (χ1n) is 10.1. The van der Waals surface area contributed by atoms with Crippen LogP contribution in [0.2, 0.25) is 0 Å². The Morgan fingerprint density at radius 1 is 1.17 bits per heavy atom. The highest BCUT2D eigenvalue weighted by molar-refractivity contribution is 5.96. The predicted octanol–water partition coefficient (Wildman–Crippen LogP) is 2.33. The zero-order chi connectivity index (χ0) is 20.9. The van der Waals surface area contributed by atoms with Crippen molar-refractivity contribution in [1.29, 1.82) is 0 Å². The lowest BCUT2D eigenvalue weighted by Gasteiger charge is -2.26. The molecule has 2 aromatic rings. The fourth-order valence-corrected chi connectivity index (χ4v) is 3.55. The standard InChI is InChI=1S/C22H25N3O5/c1-2-28-17-9-7-16(8-10-17)25-13-15(11-21(25)26)24-22(27)23-12-18-14-29-19-5-3-4-6-20(19)30-18/h3-10,15,18H,2,11-14H2,1H3,(H2,23,24,27)/t15-,18+/m1/s1. The van der Waals surface area contributed by atoms with Gasteiger partial charge in [-0.2, -0.15) is 0 Å². The van der Waals surface area contributed by atoms with E-state index < -0.39 is 0 Å². The van der Waals surface area contributed by atoms with E-state index in [0.29, 0.717) is 37.8 Å². The Kier molecular flexibility index (Phi) is 5.92. The van der Waals surface area contributed by atoms with Gasteiger partial charge in [0.15, 0.2) is 17.6 Å². The van der Waals surface area contributed by atoms with E-state index in [-0.39, 0.29) is 30.5 Å². The first kappa shape index (κ1) is 19.9. The molecular weight excluding hydrogens is 386 g/mol. The van der Waals surface area contributed by atoms with Crippen LogP contribution >= 0.6 is 0 Å². The van der Waals surface area contributed by atoms with Gasteiger partial charge in [-0.15, -0.1) is 0 Å². The van der Waals surface area contributed by atoms with Crippen LogP contribution in [-0.2, 0) is 4.79 Å². The SMILES string of the molecule is CCOc1ccc(N2C[C@H](NC(=O)NC[C@H]3COc4ccccc4O3)CC2=O)cc1. The smallest absolute Gasteiger partial charge is 0.315 e. The van der Waals surface area contributed by atoms with Crippen molar-refractivity contribution in [3.63, 3.8) is 0 Å². The number of nitrogens with zero attached hydrogens (tertiary/aromatic N) is 1. The molecule has 4 rings (SSSR count). The Morgan fingerprint density at radius 2 is 1.93 bits per heavy atom. The van der Waals surface area contributed by atoms with Crippen LogP contribution in [0.1, 0.15) is 13.3 Å². The molecule has 8 nitrogen and oxygen atoms in total. The molecule has 0 bridgehead atoms. The molecule has 2 aliphatic rings. The van der Waals surface area contributed by atoms with Gasteiger partial charge in [0.05, 0.1) is 19.2 Å².